The zero-order valence-electron chi connectivity index (χ0n) is 21.1. The van der Waals surface area contributed by atoms with Crippen LogP contribution in [-0.4, -0.2) is 82.7 Å². The van der Waals surface area contributed by atoms with Crippen molar-refractivity contribution >= 4 is 23.7 Å². The first-order valence-electron chi connectivity index (χ1n) is 12.1. The highest BCUT2D eigenvalue weighted by Gasteiger charge is 2.84. The predicted molar refractivity (Wildman–Crippen MR) is 122 cm³/mol. The molecule has 2 aliphatic heterocycles. The summed E-state index contributed by atoms with van der Waals surface area (Å²) in [7, 11) is 1.08. The Morgan fingerprint density at radius 2 is 1.86 bits per heavy atom. The number of methoxy groups -OCH3 is 1. The fraction of sp³-hybridized carbons (Fsp3) is 0.615. The molecule has 1 spiro atoms. The van der Waals surface area contributed by atoms with Crippen LogP contribution >= 0.6 is 0 Å². The third-order valence-electron chi connectivity index (χ3n) is 8.98. The van der Waals surface area contributed by atoms with E-state index in [1.807, 2.05) is 0 Å². The van der Waals surface area contributed by atoms with Gasteiger partial charge in [-0.2, -0.15) is 0 Å². The molecule has 5 rings (SSSR count). The molecule has 2 saturated heterocycles. The molecule has 2 bridgehead atoms. The minimum absolute atomic E-state index is 0.0503. The highest BCUT2D eigenvalue weighted by molar-refractivity contribution is 6.08. The number of carbonyl (C=O) groups excluding carboxylic acids is 4. The number of hydrogen-bond donors (Lipinski definition) is 3. The first-order valence-corrected chi connectivity index (χ1v) is 12.1. The topological polar surface area (TPSA) is 166 Å². The maximum Gasteiger partial charge on any atom is 0.348 e. The molecule has 9 atom stereocenters. The molecule has 200 valence electrons. The van der Waals surface area contributed by atoms with Crippen molar-refractivity contribution < 1.29 is 53.4 Å². The summed E-state index contributed by atoms with van der Waals surface area (Å²) in [6, 6.07) is 0. The van der Waals surface area contributed by atoms with Crippen LogP contribution in [0.2, 0.25) is 0 Å². The summed E-state index contributed by atoms with van der Waals surface area (Å²) in [5.41, 5.74) is -3.38. The second-order valence-electron chi connectivity index (χ2n) is 11.0. The van der Waals surface area contributed by atoms with Gasteiger partial charge in [-0.1, -0.05) is 12.5 Å². The monoisotopic (exact) mass is 518 g/mol. The third kappa shape index (κ3) is 2.98. The number of aliphatic hydroxyl groups is 3. The molecule has 4 fully saturated rings. The summed E-state index contributed by atoms with van der Waals surface area (Å²) < 4.78 is 22.4. The Balaban J connectivity index is 1.77. The Bertz CT molecular complexity index is 1210. The largest absolute Gasteiger partial charge is 0.504 e. The summed E-state index contributed by atoms with van der Waals surface area (Å²) in [6.07, 6.45) is -3.61. The molecule has 11 heteroatoms. The summed E-state index contributed by atoms with van der Waals surface area (Å²) in [5.74, 6) is -6.22. The molecule has 0 unspecified atom stereocenters. The molecule has 5 aliphatic rings. The van der Waals surface area contributed by atoms with E-state index in [0.29, 0.717) is 11.1 Å². The van der Waals surface area contributed by atoms with Gasteiger partial charge in [0.05, 0.1) is 25.7 Å². The van der Waals surface area contributed by atoms with Gasteiger partial charge in [-0.05, 0) is 32.4 Å². The highest BCUT2D eigenvalue weighted by atomic mass is 16.6. The normalized spacial score (nSPS) is 43.7. The molecular weight excluding hydrogens is 488 g/mol. The van der Waals surface area contributed by atoms with Gasteiger partial charge in [0.25, 0.3) is 0 Å². The number of carbonyl (C=O) groups is 4. The smallest absolute Gasteiger partial charge is 0.348 e. The molecule has 0 aromatic rings. The number of Topliss-reactive ketones (excluding diaryl/α,β-unsaturated/α-hetero) is 1. The standard InChI is InChI=1S/C26H30O11/c1-10(2)6-15(28)37-18-20-25-9-35-26(20,23(33)34-5)21(31)17(30)19(25)24(4)8-13(27)16(29)11(3)12(24)7-14(25)36-22(18)32/h6,8,14,17-21,27,30-31H,7,9H2,1-5H3/t14-,17-,18-,19-,20-,21+,24+,25-,26-/m1/s1. The van der Waals surface area contributed by atoms with E-state index < -0.39 is 82.1 Å². The van der Waals surface area contributed by atoms with E-state index in [1.165, 1.54) is 12.2 Å². The quantitative estimate of drug-likeness (QED) is 0.269. The van der Waals surface area contributed by atoms with Crippen molar-refractivity contribution in [2.24, 2.45) is 22.7 Å². The van der Waals surface area contributed by atoms with E-state index in [-0.39, 0.29) is 18.6 Å². The van der Waals surface area contributed by atoms with Crippen LogP contribution in [0, 0.1) is 22.7 Å². The molecule has 3 aliphatic carbocycles. The Labute approximate surface area is 212 Å². The first-order chi connectivity index (χ1) is 17.3. The van der Waals surface area contributed by atoms with Crippen LogP contribution < -0.4 is 0 Å². The predicted octanol–water partition coefficient (Wildman–Crippen LogP) is 0.437. The molecule has 0 radical (unpaired) electrons. The van der Waals surface area contributed by atoms with Gasteiger partial charge in [0, 0.05) is 34.8 Å². The van der Waals surface area contributed by atoms with E-state index >= 15 is 0 Å². The van der Waals surface area contributed by atoms with Gasteiger partial charge < -0.3 is 34.3 Å². The van der Waals surface area contributed by atoms with Crippen LogP contribution in [0.3, 0.4) is 0 Å². The van der Waals surface area contributed by atoms with Gasteiger partial charge in [0.2, 0.25) is 17.5 Å². The zero-order valence-corrected chi connectivity index (χ0v) is 21.1. The van der Waals surface area contributed by atoms with Gasteiger partial charge in [-0.3, -0.25) is 4.79 Å². The SMILES string of the molecule is COC(=O)[C@]12OC[C@@]34[C@@H](CC5=C(C)C(=O)C(O)=C[C@]5(C)[C@H]3[C@@H](O)[C@@H]1O)OC(=O)[C@H](OC(=O)C=C(C)C)[C@@H]24. The van der Waals surface area contributed by atoms with Crippen molar-refractivity contribution in [2.45, 2.75) is 64.1 Å². The average Bonchev–Trinajstić information content (AvgIpc) is 3.12. The zero-order chi connectivity index (χ0) is 27.2. The van der Waals surface area contributed by atoms with Crippen LogP contribution in [0.15, 0.2) is 34.6 Å². The number of esters is 3. The van der Waals surface area contributed by atoms with Crippen molar-refractivity contribution in [1.82, 2.24) is 0 Å². The second-order valence-corrected chi connectivity index (χ2v) is 11.0. The van der Waals surface area contributed by atoms with Crippen LogP contribution in [0.25, 0.3) is 0 Å². The van der Waals surface area contributed by atoms with Crippen LogP contribution in [0.1, 0.15) is 34.1 Å². The second kappa shape index (κ2) is 7.99. The minimum atomic E-state index is -2.23. The Morgan fingerprint density at radius 3 is 2.49 bits per heavy atom. The molecule has 2 heterocycles. The number of fused-ring (bicyclic) bond motifs is 2. The summed E-state index contributed by atoms with van der Waals surface area (Å²) in [5, 5.41) is 33.6. The fourth-order valence-corrected chi connectivity index (χ4v) is 7.71. The Morgan fingerprint density at radius 1 is 1.19 bits per heavy atom. The van der Waals surface area contributed by atoms with Crippen LogP contribution in [0.5, 0.6) is 0 Å². The molecule has 11 nitrogen and oxygen atoms in total. The lowest BCUT2D eigenvalue weighted by molar-refractivity contribution is -0.272. The van der Waals surface area contributed by atoms with E-state index in [2.05, 4.69) is 0 Å². The average molecular weight is 519 g/mol. The number of allylic oxidation sites excluding steroid dienone is 3. The molecule has 0 aromatic heterocycles. The van der Waals surface area contributed by atoms with Gasteiger partial charge in [0.1, 0.15) is 12.2 Å². The molecule has 2 saturated carbocycles. The lowest BCUT2D eigenvalue weighted by Gasteiger charge is -2.65. The molecular formula is C26H30O11. The Hall–Kier alpha value is -3.02. The third-order valence-corrected chi connectivity index (χ3v) is 8.98. The Kier molecular flexibility index (Phi) is 5.53. The minimum Gasteiger partial charge on any atom is -0.504 e. The van der Waals surface area contributed by atoms with Gasteiger partial charge in [-0.25, -0.2) is 14.4 Å². The van der Waals surface area contributed by atoms with Gasteiger partial charge in [0.15, 0.2) is 5.76 Å². The molecule has 3 N–H and O–H groups in total. The van der Waals surface area contributed by atoms with Crippen molar-refractivity contribution in [3.63, 3.8) is 0 Å². The number of aliphatic hydroxyl groups excluding tert-OH is 3. The van der Waals surface area contributed by atoms with E-state index in [0.717, 1.165) is 7.11 Å². The van der Waals surface area contributed by atoms with E-state index in [1.54, 1.807) is 27.7 Å². The molecule has 37 heavy (non-hydrogen) atoms. The summed E-state index contributed by atoms with van der Waals surface area (Å²) in [6.45, 7) is 6.33. The first kappa shape index (κ1) is 25.6. The summed E-state index contributed by atoms with van der Waals surface area (Å²) >= 11 is 0. The summed E-state index contributed by atoms with van der Waals surface area (Å²) in [4.78, 5) is 51.9. The number of rotatable bonds is 3. The highest BCUT2D eigenvalue weighted by Crippen LogP contribution is 2.71. The van der Waals surface area contributed by atoms with Crippen molar-refractivity contribution in [1.29, 1.82) is 0 Å². The van der Waals surface area contributed by atoms with Crippen molar-refractivity contribution in [2.75, 3.05) is 13.7 Å². The fourth-order valence-electron chi connectivity index (χ4n) is 7.71. The van der Waals surface area contributed by atoms with Crippen molar-refractivity contribution in [3.8, 4) is 0 Å². The van der Waals surface area contributed by atoms with E-state index in [4.69, 9.17) is 18.9 Å². The van der Waals surface area contributed by atoms with Crippen LogP contribution in [0.4, 0.5) is 0 Å². The maximum absolute atomic E-state index is 13.4. The number of hydrogen-bond acceptors (Lipinski definition) is 11. The lowest BCUT2D eigenvalue weighted by Crippen LogP contribution is -2.78. The number of ether oxygens (including phenoxy) is 4. The van der Waals surface area contributed by atoms with Crippen molar-refractivity contribution in [3.05, 3.63) is 34.6 Å². The lowest BCUT2D eigenvalue weighted by atomic mass is 9.40. The van der Waals surface area contributed by atoms with Crippen LogP contribution in [-0.2, 0) is 38.1 Å². The molecule has 0 amide bonds. The van der Waals surface area contributed by atoms with Gasteiger partial charge >= 0.3 is 17.9 Å². The molecule has 0 aromatic carbocycles. The van der Waals surface area contributed by atoms with Gasteiger partial charge in [-0.15, -0.1) is 0 Å². The van der Waals surface area contributed by atoms with E-state index in [9.17, 15) is 34.5 Å². The maximum atomic E-state index is 13.4. The number of ketones is 1.